The average Bonchev–Trinajstić information content (AvgIpc) is 2.63. The maximum Gasteiger partial charge on any atom is 0.142 e. The molecule has 2 aromatic rings. The van der Waals surface area contributed by atoms with Gasteiger partial charge >= 0.3 is 0 Å². The molecule has 0 spiro atoms. The molecule has 0 aliphatic carbocycles. The Morgan fingerprint density at radius 1 is 1.37 bits per heavy atom. The van der Waals surface area contributed by atoms with Gasteiger partial charge in [0.05, 0.1) is 17.5 Å². The van der Waals surface area contributed by atoms with Gasteiger partial charge in [-0.05, 0) is 32.9 Å². The Morgan fingerprint density at radius 3 is 2.68 bits per heavy atom. The molecule has 0 aliphatic heterocycles. The first-order valence-corrected chi connectivity index (χ1v) is 6.65. The molecule has 0 atom stereocenters. The number of ketones is 1. The smallest absolute Gasteiger partial charge is 0.142 e. The second-order valence-electron chi connectivity index (χ2n) is 5.64. The van der Waals surface area contributed by atoms with Crippen molar-refractivity contribution in [3.8, 4) is 0 Å². The zero-order valence-electron chi connectivity index (χ0n) is 11.8. The van der Waals surface area contributed by atoms with Gasteiger partial charge in [-0.3, -0.25) is 4.79 Å². The number of carbonyl (C=O) groups is 1. The summed E-state index contributed by atoms with van der Waals surface area (Å²) in [5.41, 5.74) is 7.46. The zero-order chi connectivity index (χ0) is 14.0. The van der Waals surface area contributed by atoms with Crippen molar-refractivity contribution in [1.82, 2.24) is 9.55 Å². The van der Waals surface area contributed by atoms with E-state index in [1.54, 1.807) is 0 Å². The fourth-order valence-corrected chi connectivity index (χ4v) is 2.36. The number of Topliss-reactive ketones (excluding diaryl/α,β-unsaturated/α-hetero) is 1. The number of carbonyl (C=O) groups excluding carboxylic acids is 1. The number of aryl methyl sites for hydroxylation is 1. The highest BCUT2D eigenvalue weighted by Gasteiger charge is 2.19. The van der Waals surface area contributed by atoms with Crippen molar-refractivity contribution in [3.05, 3.63) is 30.1 Å². The van der Waals surface area contributed by atoms with Crippen molar-refractivity contribution >= 4 is 16.8 Å². The van der Waals surface area contributed by atoms with Crippen molar-refractivity contribution in [2.24, 2.45) is 5.73 Å². The van der Waals surface area contributed by atoms with Gasteiger partial charge in [-0.2, -0.15) is 0 Å². The Kier molecular flexibility index (Phi) is 3.71. The Hall–Kier alpha value is -1.68. The van der Waals surface area contributed by atoms with Crippen LogP contribution in [0.5, 0.6) is 0 Å². The second kappa shape index (κ2) is 5.13. The van der Waals surface area contributed by atoms with Crippen LogP contribution in [-0.4, -0.2) is 20.9 Å². The Balaban J connectivity index is 2.28. The molecule has 1 aromatic carbocycles. The van der Waals surface area contributed by atoms with Crippen LogP contribution in [-0.2, 0) is 17.8 Å². The highest BCUT2D eigenvalue weighted by atomic mass is 16.1. The van der Waals surface area contributed by atoms with E-state index in [4.69, 9.17) is 5.73 Å². The van der Waals surface area contributed by atoms with E-state index in [0.717, 1.165) is 23.4 Å². The molecule has 2 N–H and O–H groups in total. The molecule has 1 aromatic heterocycles. The topological polar surface area (TPSA) is 60.9 Å². The fourth-order valence-electron chi connectivity index (χ4n) is 2.36. The molecule has 4 heteroatoms. The highest BCUT2D eigenvalue weighted by Crippen LogP contribution is 2.17. The molecule has 0 unspecified atom stereocenters. The van der Waals surface area contributed by atoms with Crippen LogP contribution in [0, 0.1) is 0 Å². The third-order valence-corrected chi connectivity index (χ3v) is 3.06. The molecule has 4 nitrogen and oxygen atoms in total. The van der Waals surface area contributed by atoms with Gasteiger partial charge in [0.15, 0.2) is 0 Å². The molecule has 0 saturated heterocycles. The molecule has 1 heterocycles. The number of fused-ring (bicyclic) bond motifs is 1. The highest BCUT2D eigenvalue weighted by molar-refractivity contribution is 5.83. The number of hydrogen-bond donors (Lipinski definition) is 1. The Labute approximate surface area is 113 Å². The first-order chi connectivity index (χ1) is 8.90. The molecule has 2 rings (SSSR count). The maximum atomic E-state index is 12.0. The van der Waals surface area contributed by atoms with Crippen LogP contribution >= 0.6 is 0 Å². The average molecular weight is 259 g/mol. The molecule has 0 saturated carbocycles. The fraction of sp³-hybridized carbons (Fsp3) is 0.467. The van der Waals surface area contributed by atoms with Gasteiger partial charge in [0.1, 0.15) is 11.6 Å². The van der Waals surface area contributed by atoms with Crippen LogP contribution < -0.4 is 5.73 Å². The van der Waals surface area contributed by atoms with Crippen molar-refractivity contribution in [3.63, 3.8) is 0 Å². The van der Waals surface area contributed by atoms with Gasteiger partial charge in [-0.25, -0.2) is 4.98 Å². The summed E-state index contributed by atoms with van der Waals surface area (Å²) in [5, 5.41) is 0. The van der Waals surface area contributed by atoms with Crippen LogP contribution in [0.1, 0.15) is 33.0 Å². The summed E-state index contributed by atoms with van der Waals surface area (Å²) in [6, 6.07) is 7.96. The Bertz CT molecular complexity index is 593. The normalized spacial score (nSPS) is 12.0. The standard InChI is InChI=1S/C15H21N3O/c1-4-18-13-8-6-5-7-12(13)17-14(18)9-11(19)10-15(2,3)16/h5-8H,4,9-10,16H2,1-3H3. The van der Waals surface area contributed by atoms with E-state index in [2.05, 4.69) is 16.5 Å². The molecular formula is C15H21N3O. The third kappa shape index (κ3) is 3.20. The van der Waals surface area contributed by atoms with E-state index < -0.39 is 5.54 Å². The number of nitrogens with zero attached hydrogens (tertiary/aromatic N) is 2. The van der Waals surface area contributed by atoms with Crippen molar-refractivity contribution in [2.75, 3.05) is 0 Å². The van der Waals surface area contributed by atoms with Gasteiger partial charge in [0.2, 0.25) is 0 Å². The van der Waals surface area contributed by atoms with Crippen molar-refractivity contribution in [2.45, 2.75) is 45.7 Å². The van der Waals surface area contributed by atoms with E-state index in [0.29, 0.717) is 12.8 Å². The number of rotatable bonds is 5. The minimum Gasteiger partial charge on any atom is -0.328 e. The minimum absolute atomic E-state index is 0.137. The maximum absolute atomic E-state index is 12.0. The first-order valence-electron chi connectivity index (χ1n) is 6.65. The van der Waals surface area contributed by atoms with Crippen molar-refractivity contribution < 1.29 is 4.79 Å². The lowest BCUT2D eigenvalue weighted by molar-refractivity contribution is -0.119. The van der Waals surface area contributed by atoms with Gasteiger partial charge in [-0.15, -0.1) is 0 Å². The number of aromatic nitrogens is 2. The second-order valence-corrected chi connectivity index (χ2v) is 5.64. The molecule has 0 radical (unpaired) electrons. The van der Waals surface area contributed by atoms with Crippen LogP contribution in [0.4, 0.5) is 0 Å². The Morgan fingerprint density at radius 2 is 2.05 bits per heavy atom. The van der Waals surface area contributed by atoms with Gasteiger partial charge in [0, 0.05) is 18.5 Å². The van der Waals surface area contributed by atoms with Crippen LogP contribution in [0.2, 0.25) is 0 Å². The van der Waals surface area contributed by atoms with E-state index in [9.17, 15) is 4.79 Å². The number of para-hydroxylation sites is 2. The number of imidazole rings is 1. The largest absolute Gasteiger partial charge is 0.328 e. The summed E-state index contributed by atoms with van der Waals surface area (Å²) < 4.78 is 2.09. The molecular weight excluding hydrogens is 238 g/mol. The lowest BCUT2D eigenvalue weighted by Gasteiger charge is -2.17. The summed E-state index contributed by atoms with van der Waals surface area (Å²) in [6.07, 6.45) is 0.725. The third-order valence-electron chi connectivity index (χ3n) is 3.06. The van der Waals surface area contributed by atoms with Gasteiger partial charge in [0.25, 0.3) is 0 Å². The summed E-state index contributed by atoms with van der Waals surface area (Å²) >= 11 is 0. The van der Waals surface area contributed by atoms with E-state index in [1.165, 1.54) is 0 Å². The summed E-state index contributed by atoms with van der Waals surface area (Å²) in [4.78, 5) is 16.6. The lowest BCUT2D eigenvalue weighted by Crippen LogP contribution is -2.35. The van der Waals surface area contributed by atoms with E-state index >= 15 is 0 Å². The van der Waals surface area contributed by atoms with Crippen LogP contribution in [0.25, 0.3) is 11.0 Å². The molecule has 0 amide bonds. The van der Waals surface area contributed by atoms with E-state index in [-0.39, 0.29) is 5.78 Å². The van der Waals surface area contributed by atoms with E-state index in [1.807, 2.05) is 38.1 Å². The van der Waals surface area contributed by atoms with Crippen LogP contribution in [0.3, 0.4) is 0 Å². The van der Waals surface area contributed by atoms with Crippen molar-refractivity contribution in [1.29, 1.82) is 0 Å². The predicted molar refractivity (Wildman–Crippen MR) is 77.0 cm³/mol. The summed E-state index contributed by atoms with van der Waals surface area (Å²) in [5.74, 6) is 0.968. The van der Waals surface area contributed by atoms with Gasteiger partial charge < -0.3 is 10.3 Å². The monoisotopic (exact) mass is 259 g/mol. The van der Waals surface area contributed by atoms with Gasteiger partial charge in [-0.1, -0.05) is 12.1 Å². The first kappa shape index (κ1) is 13.7. The number of nitrogens with two attached hydrogens (primary N) is 1. The molecule has 0 fully saturated rings. The predicted octanol–water partition coefficient (Wildman–Crippen LogP) is 2.30. The van der Waals surface area contributed by atoms with Crippen LogP contribution in [0.15, 0.2) is 24.3 Å². The molecule has 102 valence electrons. The molecule has 0 aliphatic rings. The zero-order valence-corrected chi connectivity index (χ0v) is 11.8. The molecule has 0 bridgehead atoms. The number of hydrogen-bond acceptors (Lipinski definition) is 3. The minimum atomic E-state index is -0.458. The lowest BCUT2D eigenvalue weighted by atomic mass is 9.98. The SMILES string of the molecule is CCn1c(CC(=O)CC(C)(C)N)nc2ccccc21. The molecule has 19 heavy (non-hydrogen) atoms. The number of benzene rings is 1. The summed E-state index contributed by atoms with van der Waals surface area (Å²) in [6.45, 7) is 6.62. The summed E-state index contributed by atoms with van der Waals surface area (Å²) in [7, 11) is 0. The quantitative estimate of drug-likeness (QED) is 0.896.